The van der Waals surface area contributed by atoms with E-state index in [0.717, 1.165) is 5.56 Å². The van der Waals surface area contributed by atoms with E-state index in [0.29, 0.717) is 25.7 Å². The summed E-state index contributed by atoms with van der Waals surface area (Å²) in [5.74, 6) is -0.331. The monoisotopic (exact) mass is 247 g/mol. The number of hydrogen-bond donors (Lipinski definition) is 1. The van der Waals surface area contributed by atoms with E-state index in [-0.39, 0.29) is 18.4 Å². The number of hydrogen-bond acceptors (Lipinski definition) is 3. The van der Waals surface area contributed by atoms with E-state index >= 15 is 0 Å². The van der Waals surface area contributed by atoms with E-state index in [9.17, 15) is 14.7 Å². The predicted molar refractivity (Wildman–Crippen MR) is 66.7 cm³/mol. The van der Waals surface area contributed by atoms with Crippen molar-refractivity contribution < 1.29 is 14.7 Å². The van der Waals surface area contributed by atoms with E-state index in [1.54, 1.807) is 0 Å². The first-order valence-corrected chi connectivity index (χ1v) is 6.22. The molecule has 0 spiro atoms. The van der Waals surface area contributed by atoms with Crippen LogP contribution in [0.3, 0.4) is 0 Å². The number of likely N-dealkylation sites (tertiary alicyclic amines) is 1. The Balaban J connectivity index is 2.12. The van der Waals surface area contributed by atoms with Crippen LogP contribution in [0.5, 0.6) is 0 Å². The van der Waals surface area contributed by atoms with E-state index < -0.39 is 6.04 Å². The van der Waals surface area contributed by atoms with Crippen LogP contribution in [0.1, 0.15) is 24.8 Å². The maximum Gasteiger partial charge on any atom is 0.229 e. The number of amides is 2. The molecule has 1 aromatic rings. The summed E-state index contributed by atoms with van der Waals surface area (Å²) in [6.45, 7) is -0.188. The summed E-state index contributed by atoms with van der Waals surface area (Å²) >= 11 is 0. The molecule has 18 heavy (non-hydrogen) atoms. The smallest absolute Gasteiger partial charge is 0.229 e. The molecule has 1 aliphatic rings. The van der Waals surface area contributed by atoms with Crippen LogP contribution >= 0.6 is 0 Å². The molecule has 1 aliphatic heterocycles. The highest BCUT2D eigenvalue weighted by atomic mass is 16.3. The van der Waals surface area contributed by atoms with Gasteiger partial charge in [0.15, 0.2) is 0 Å². The van der Waals surface area contributed by atoms with Crippen molar-refractivity contribution >= 4 is 11.8 Å². The Hall–Kier alpha value is -1.68. The summed E-state index contributed by atoms with van der Waals surface area (Å²) in [7, 11) is 0. The lowest BCUT2D eigenvalue weighted by Crippen LogP contribution is -2.49. The molecule has 1 unspecified atom stereocenters. The number of rotatable bonds is 4. The zero-order valence-corrected chi connectivity index (χ0v) is 10.2. The molecule has 1 heterocycles. The van der Waals surface area contributed by atoms with Gasteiger partial charge in [-0.1, -0.05) is 30.3 Å². The lowest BCUT2D eigenvalue weighted by Gasteiger charge is -2.31. The highest BCUT2D eigenvalue weighted by Crippen LogP contribution is 2.18. The number of aliphatic hydroxyl groups is 1. The molecule has 2 rings (SSSR count). The molecule has 1 fully saturated rings. The van der Waals surface area contributed by atoms with Crippen LogP contribution in [0.25, 0.3) is 0 Å². The number of benzene rings is 1. The van der Waals surface area contributed by atoms with Gasteiger partial charge >= 0.3 is 0 Å². The van der Waals surface area contributed by atoms with Crippen molar-refractivity contribution in [2.24, 2.45) is 0 Å². The Morgan fingerprint density at radius 3 is 2.28 bits per heavy atom. The van der Waals surface area contributed by atoms with E-state index in [1.165, 1.54) is 4.90 Å². The van der Waals surface area contributed by atoms with Crippen LogP contribution in [-0.2, 0) is 16.0 Å². The molecule has 2 amide bonds. The van der Waals surface area contributed by atoms with Crippen LogP contribution in [0, 0.1) is 0 Å². The summed E-state index contributed by atoms with van der Waals surface area (Å²) < 4.78 is 0. The largest absolute Gasteiger partial charge is 0.394 e. The van der Waals surface area contributed by atoms with Crippen LogP contribution in [0.15, 0.2) is 30.3 Å². The van der Waals surface area contributed by atoms with Crippen molar-refractivity contribution in [2.75, 3.05) is 6.61 Å². The average molecular weight is 247 g/mol. The SMILES string of the molecule is O=C1CCCC(=O)N1C(CO)Cc1ccccc1. The van der Waals surface area contributed by atoms with Gasteiger partial charge in [-0.05, 0) is 18.4 Å². The Bertz CT molecular complexity index is 414. The number of carbonyl (C=O) groups is 2. The molecule has 1 aromatic carbocycles. The third kappa shape index (κ3) is 2.76. The van der Waals surface area contributed by atoms with Crippen LogP contribution in [-0.4, -0.2) is 34.5 Å². The highest BCUT2D eigenvalue weighted by Gasteiger charge is 2.31. The van der Waals surface area contributed by atoms with E-state index in [2.05, 4.69) is 0 Å². The second-order valence-electron chi connectivity index (χ2n) is 4.54. The molecular weight excluding hydrogens is 230 g/mol. The highest BCUT2D eigenvalue weighted by molar-refractivity contribution is 5.97. The maximum absolute atomic E-state index is 11.8. The molecule has 0 bridgehead atoms. The number of piperidine rings is 1. The third-order valence-corrected chi connectivity index (χ3v) is 3.21. The van der Waals surface area contributed by atoms with Gasteiger partial charge in [-0.15, -0.1) is 0 Å². The Morgan fingerprint density at radius 1 is 1.11 bits per heavy atom. The summed E-state index contributed by atoms with van der Waals surface area (Å²) in [6.07, 6.45) is 1.93. The molecule has 1 N–H and O–H groups in total. The predicted octanol–water partition coefficient (Wildman–Crippen LogP) is 1.13. The molecule has 0 radical (unpaired) electrons. The van der Waals surface area contributed by atoms with Crippen molar-refractivity contribution in [3.63, 3.8) is 0 Å². The summed E-state index contributed by atoms with van der Waals surface area (Å²) in [6, 6.07) is 9.15. The summed E-state index contributed by atoms with van der Waals surface area (Å²) in [5.41, 5.74) is 1.02. The number of aliphatic hydroxyl groups excluding tert-OH is 1. The molecule has 0 aromatic heterocycles. The Labute approximate surface area is 106 Å². The Kier molecular flexibility index (Phi) is 4.10. The number of imide groups is 1. The standard InChI is InChI=1S/C14H17NO3/c16-10-12(9-11-5-2-1-3-6-11)15-13(17)7-4-8-14(15)18/h1-3,5-6,12,16H,4,7-10H2. The fourth-order valence-corrected chi connectivity index (χ4v) is 2.30. The molecule has 1 saturated heterocycles. The second kappa shape index (κ2) is 5.78. The van der Waals surface area contributed by atoms with Crippen molar-refractivity contribution in [3.05, 3.63) is 35.9 Å². The van der Waals surface area contributed by atoms with Crippen molar-refractivity contribution in [2.45, 2.75) is 31.7 Å². The van der Waals surface area contributed by atoms with Gasteiger partial charge in [0.1, 0.15) is 0 Å². The first-order valence-electron chi connectivity index (χ1n) is 6.22. The maximum atomic E-state index is 11.8. The molecular formula is C14H17NO3. The Morgan fingerprint density at radius 2 is 1.72 bits per heavy atom. The molecule has 96 valence electrons. The van der Waals surface area contributed by atoms with Gasteiger partial charge in [0.2, 0.25) is 11.8 Å². The topological polar surface area (TPSA) is 57.6 Å². The fourth-order valence-electron chi connectivity index (χ4n) is 2.30. The van der Waals surface area contributed by atoms with Crippen LogP contribution < -0.4 is 0 Å². The normalized spacial score (nSPS) is 17.9. The van der Waals surface area contributed by atoms with E-state index in [1.807, 2.05) is 30.3 Å². The van der Waals surface area contributed by atoms with Crippen LogP contribution in [0.2, 0.25) is 0 Å². The first kappa shape index (κ1) is 12.8. The van der Waals surface area contributed by atoms with Gasteiger partial charge < -0.3 is 5.11 Å². The lowest BCUT2D eigenvalue weighted by atomic mass is 10.0. The quantitative estimate of drug-likeness (QED) is 0.811. The van der Waals surface area contributed by atoms with Crippen molar-refractivity contribution in [1.29, 1.82) is 0 Å². The number of carbonyl (C=O) groups excluding carboxylic acids is 2. The zero-order chi connectivity index (χ0) is 13.0. The molecule has 4 heteroatoms. The summed E-state index contributed by atoms with van der Waals surface area (Å²) in [5, 5.41) is 9.43. The average Bonchev–Trinajstić information content (AvgIpc) is 2.38. The molecule has 1 atom stereocenters. The van der Waals surface area contributed by atoms with Gasteiger partial charge in [-0.2, -0.15) is 0 Å². The minimum absolute atomic E-state index is 0.166. The van der Waals surface area contributed by atoms with Gasteiger partial charge in [-0.25, -0.2) is 0 Å². The second-order valence-corrected chi connectivity index (χ2v) is 4.54. The van der Waals surface area contributed by atoms with Crippen molar-refractivity contribution in [1.82, 2.24) is 4.90 Å². The minimum Gasteiger partial charge on any atom is -0.394 e. The third-order valence-electron chi connectivity index (χ3n) is 3.21. The number of nitrogens with zero attached hydrogens (tertiary/aromatic N) is 1. The van der Waals surface area contributed by atoms with Crippen molar-refractivity contribution in [3.8, 4) is 0 Å². The lowest BCUT2D eigenvalue weighted by molar-refractivity contribution is -0.151. The van der Waals surface area contributed by atoms with Gasteiger partial charge in [0.05, 0.1) is 12.6 Å². The van der Waals surface area contributed by atoms with Gasteiger partial charge in [0.25, 0.3) is 0 Å². The van der Waals surface area contributed by atoms with Gasteiger partial charge in [-0.3, -0.25) is 14.5 Å². The fraction of sp³-hybridized carbons (Fsp3) is 0.429. The van der Waals surface area contributed by atoms with Crippen LogP contribution in [0.4, 0.5) is 0 Å². The minimum atomic E-state index is -0.437. The zero-order valence-electron chi connectivity index (χ0n) is 10.2. The first-order chi connectivity index (χ1) is 8.72. The van der Waals surface area contributed by atoms with E-state index in [4.69, 9.17) is 0 Å². The molecule has 0 aliphatic carbocycles. The molecule has 0 saturated carbocycles. The summed E-state index contributed by atoms with van der Waals surface area (Å²) in [4.78, 5) is 24.8. The van der Waals surface area contributed by atoms with Gasteiger partial charge in [0, 0.05) is 12.8 Å². The molecule has 4 nitrogen and oxygen atoms in total.